The number of halogens is 1. The maximum absolute atomic E-state index is 8.49. The molecular weight excluding hydrogens is 362 g/mol. The Morgan fingerprint density at radius 2 is 1.48 bits per heavy atom. The highest BCUT2D eigenvalue weighted by Gasteiger charge is 2.15. The van der Waals surface area contributed by atoms with E-state index in [0.717, 1.165) is 0 Å². The molecule has 1 heterocycles. The van der Waals surface area contributed by atoms with Crippen molar-refractivity contribution in [1.29, 1.82) is 0 Å². The molecule has 0 saturated carbocycles. The number of fused-ring (bicyclic) bond motifs is 1. The highest BCUT2D eigenvalue weighted by atomic mass is 35.7. The molecule has 0 fully saturated rings. The number of rotatable bonds is 0. The fraction of sp³-hybridized carbons (Fsp3) is 0.167. The van der Waals surface area contributed by atoms with Gasteiger partial charge < -0.3 is 0 Å². The summed E-state index contributed by atoms with van der Waals surface area (Å²) in [6, 6.07) is 8.61. The topological polar surface area (TPSA) is 95.2 Å². The number of nitrogens with zero attached hydrogens (tertiary/aromatic N) is 1. The lowest BCUT2D eigenvalue weighted by Crippen LogP contribution is -2.68. The summed E-state index contributed by atoms with van der Waals surface area (Å²) < 4.78 is 36.1. The third-order valence-corrected chi connectivity index (χ3v) is 4.70. The number of allylic oxidation sites excluding steroid dienone is 7. The summed E-state index contributed by atoms with van der Waals surface area (Å²) in [6.07, 6.45) is 11.0. The Kier molecular flexibility index (Phi) is 6.40. The second kappa shape index (κ2) is 8.14. The molecule has 1 aliphatic carbocycles. The minimum absolute atomic E-state index is 1.23. The van der Waals surface area contributed by atoms with E-state index < -0.39 is 10.2 Å². The van der Waals surface area contributed by atoms with Crippen LogP contribution in [0.25, 0.3) is 5.57 Å². The zero-order valence-corrected chi connectivity index (χ0v) is 15.6. The first kappa shape index (κ1) is 19.7. The Labute approximate surface area is 153 Å². The molecule has 0 N–H and O–H groups in total. The molecule has 7 heteroatoms. The summed E-state index contributed by atoms with van der Waals surface area (Å²) in [6.45, 7) is 2.19. The molecule has 2 aliphatic rings. The van der Waals surface area contributed by atoms with Crippen LogP contribution >= 0.6 is 11.8 Å². The highest BCUT2D eigenvalue weighted by molar-refractivity contribution is 8.03. The molecule has 0 saturated heterocycles. The largest absolute Gasteiger partial charge is 0.235 e. The standard InChI is InChI=1S/C18H18NS.ClHO4/c1-13-12-18(20-17-7-5-4-6-16(13)17)14-8-10-15(11-9-14)19(2)3;2-1(3,4)5/h4-12H,1-3H3;(H,2,3,4,5)/q+1;/p-1. The molecule has 5 nitrogen and oxygen atoms in total. The summed E-state index contributed by atoms with van der Waals surface area (Å²) >= 11 is 1.85. The zero-order valence-electron chi connectivity index (χ0n) is 14.1. The average molecular weight is 380 g/mol. The van der Waals surface area contributed by atoms with E-state index in [-0.39, 0.29) is 0 Å². The summed E-state index contributed by atoms with van der Waals surface area (Å²) in [5.41, 5.74) is 5.21. The lowest BCUT2D eigenvalue weighted by Gasteiger charge is -2.18. The van der Waals surface area contributed by atoms with Gasteiger partial charge in [-0.3, -0.25) is 0 Å². The van der Waals surface area contributed by atoms with Crippen LogP contribution in [0.5, 0.6) is 0 Å². The Morgan fingerprint density at radius 3 is 2.04 bits per heavy atom. The summed E-state index contributed by atoms with van der Waals surface area (Å²) in [5, 5.41) is 0. The van der Waals surface area contributed by atoms with Crippen LogP contribution in [-0.2, 0) is 0 Å². The van der Waals surface area contributed by atoms with Crippen molar-refractivity contribution in [2.45, 2.75) is 11.8 Å². The lowest BCUT2D eigenvalue weighted by atomic mass is 10.0. The van der Waals surface area contributed by atoms with Gasteiger partial charge in [0.1, 0.15) is 14.1 Å². The van der Waals surface area contributed by atoms with Gasteiger partial charge in [-0.15, -0.1) is 10.2 Å². The third kappa shape index (κ3) is 5.97. The van der Waals surface area contributed by atoms with Crippen molar-refractivity contribution in [3.8, 4) is 0 Å². The van der Waals surface area contributed by atoms with Crippen LogP contribution in [0, 0.1) is 10.2 Å². The molecule has 1 aromatic rings. The Balaban J connectivity index is 0.000000399. The quantitative estimate of drug-likeness (QED) is 0.568. The smallest absolute Gasteiger partial charge is 0.199 e. The van der Waals surface area contributed by atoms with Gasteiger partial charge in [0.25, 0.3) is 0 Å². The lowest BCUT2D eigenvalue weighted by molar-refractivity contribution is -2.00. The molecule has 0 unspecified atom stereocenters. The van der Waals surface area contributed by atoms with Crippen LogP contribution in [0.4, 0.5) is 0 Å². The summed E-state index contributed by atoms with van der Waals surface area (Å²) in [4.78, 5) is 2.67. The van der Waals surface area contributed by atoms with Crippen molar-refractivity contribution in [3.63, 3.8) is 0 Å². The van der Waals surface area contributed by atoms with E-state index in [1.54, 1.807) is 0 Å². The minimum Gasteiger partial charge on any atom is -0.235 e. The van der Waals surface area contributed by atoms with Crippen molar-refractivity contribution < 1.29 is 33.5 Å². The molecule has 0 aromatic heterocycles. The zero-order chi connectivity index (χ0) is 18.6. The van der Waals surface area contributed by atoms with Crippen LogP contribution < -0.4 is 18.6 Å². The molecule has 1 aromatic carbocycles. The highest BCUT2D eigenvalue weighted by Crippen LogP contribution is 2.41. The van der Waals surface area contributed by atoms with E-state index in [9.17, 15) is 0 Å². The maximum Gasteiger partial charge on any atom is 0.199 e. The molecule has 0 radical (unpaired) electrons. The predicted octanol–water partition coefficient (Wildman–Crippen LogP) is -0.467. The van der Waals surface area contributed by atoms with E-state index in [1.807, 2.05) is 11.8 Å². The Hall–Kier alpha value is -1.67. The van der Waals surface area contributed by atoms with Crippen molar-refractivity contribution in [1.82, 2.24) is 0 Å². The minimum atomic E-state index is -4.94. The Bertz CT molecular complexity index is 789. The van der Waals surface area contributed by atoms with E-state index in [2.05, 4.69) is 80.2 Å². The second-order valence-corrected chi connectivity index (χ2v) is 7.45. The van der Waals surface area contributed by atoms with Gasteiger partial charge in [0, 0.05) is 22.0 Å². The molecule has 132 valence electrons. The van der Waals surface area contributed by atoms with Crippen LogP contribution in [-0.4, -0.2) is 24.4 Å². The van der Waals surface area contributed by atoms with Crippen molar-refractivity contribution in [2.24, 2.45) is 0 Å². The second-order valence-electron chi connectivity index (χ2n) is 5.61. The molecule has 0 bridgehead atoms. The number of hydrogen-bond donors (Lipinski definition) is 0. The molecule has 25 heavy (non-hydrogen) atoms. The molecule has 3 rings (SSSR count). The van der Waals surface area contributed by atoms with E-state index in [0.29, 0.717) is 0 Å². The van der Waals surface area contributed by atoms with Gasteiger partial charge >= 0.3 is 0 Å². The Morgan fingerprint density at radius 1 is 0.920 bits per heavy atom. The molecule has 1 aliphatic heterocycles. The van der Waals surface area contributed by atoms with Gasteiger partial charge in [-0.2, -0.15) is 0 Å². The SMILES string of the molecule is CC1=CC(=C2C=CC(=[N+](C)C)C=C2)Sc2ccccc21.[O-][Cl+3]([O-])([O-])[O-]. The van der Waals surface area contributed by atoms with Gasteiger partial charge in [-0.05, 0) is 47.9 Å². The predicted molar refractivity (Wildman–Crippen MR) is 88.4 cm³/mol. The molecule has 0 atom stereocenters. The number of thioether (sulfide) groups is 1. The van der Waals surface area contributed by atoms with Gasteiger partial charge in [-0.25, -0.2) is 23.2 Å². The number of benzene rings is 1. The van der Waals surface area contributed by atoms with Gasteiger partial charge in [0.15, 0.2) is 5.71 Å². The number of hydrogen-bond acceptors (Lipinski definition) is 5. The third-order valence-electron chi connectivity index (χ3n) is 3.55. The van der Waals surface area contributed by atoms with Crippen LogP contribution in [0.3, 0.4) is 0 Å². The normalized spacial score (nSPS) is 16.1. The first-order valence-electron chi connectivity index (χ1n) is 7.37. The molecule has 0 spiro atoms. The average Bonchev–Trinajstić information content (AvgIpc) is 2.53. The maximum atomic E-state index is 8.49. The van der Waals surface area contributed by atoms with Crippen LogP contribution in [0.15, 0.2) is 70.0 Å². The van der Waals surface area contributed by atoms with Gasteiger partial charge in [-0.1, -0.05) is 30.0 Å². The first-order chi connectivity index (χ1) is 11.6. The van der Waals surface area contributed by atoms with E-state index in [1.165, 1.54) is 32.2 Å². The van der Waals surface area contributed by atoms with Crippen LogP contribution in [0.1, 0.15) is 12.5 Å². The van der Waals surface area contributed by atoms with Crippen molar-refractivity contribution in [3.05, 3.63) is 70.7 Å². The van der Waals surface area contributed by atoms with Gasteiger partial charge in [0.05, 0.1) is 0 Å². The molecular formula is C18H18ClNO4S. The van der Waals surface area contributed by atoms with Crippen LogP contribution in [0.2, 0.25) is 0 Å². The fourth-order valence-electron chi connectivity index (χ4n) is 2.37. The van der Waals surface area contributed by atoms with Crippen molar-refractivity contribution >= 4 is 23.0 Å². The molecule has 0 amide bonds. The fourth-order valence-corrected chi connectivity index (χ4v) is 3.58. The first-order valence-corrected chi connectivity index (χ1v) is 9.42. The van der Waals surface area contributed by atoms with Crippen molar-refractivity contribution in [2.75, 3.05) is 14.1 Å². The van der Waals surface area contributed by atoms with E-state index >= 15 is 0 Å². The van der Waals surface area contributed by atoms with Gasteiger partial charge in [0.2, 0.25) is 0 Å². The van der Waals surface area contributed by atoms with E-state index in [4.69, 9.17) is 18.6 Å². The summed E-state index contributed by atoms with van der Waals surface area (Å²) in [7, 11) is -0.810. The summed E-state index contributed by atoms with van der Waals surface area (Å²) in [5.74, 6) is 0. The monoisotopic (exact) mass is 379 g/mol.